The quantitative estimate of drug-likeness (QED) is 0.197. The minimum Gasteiger partial charge on any atom is -0.464 e. The molecule has 2 aromatic carbocycles. The molecule has 0 aliphatic carbocycles. The number of amides is 1. The summed E-state index contributed by atoms with van der Waals surface area (Å²) < 4.78 is 35.3. The zero-order chi connectivity index (χ0) is 28.4. The number of fused-ring (bicyclic) bond motifs is 1. The number of aromatic nitrogens is 4. The van der Waals surface area contributed by atoms with Crippen molar-refractivity contribution in [3.63, 3.8) is 0 Å². The molecule has 0 bridgehead atoms. The summed E-state index contributed by atoms with van der Waals surface area (Å²) in [6, 6.07) is 16.6. The highest BCUT2D eigenvalue weighted by atomic mass is 19.3. The maximum atomic E-state index is 12.7. The summed E-state index contributed by atoms with van der Waals surface area (Å²) in [4.78, 5) is 34.9. The summed E-state index contributed by atoms with van der Waals surface area (Å²) in [5, 5.41) is 7.83. The van der Waals surface area contributed by atoms with Crippen molar-refractivity contribution < 1.29 is 27.5 Å². The summed E-state index contributed by atoms with van der Waals surface area (Å²) >= 11 is 0. The molecule has 0 aliphatic heterocycles. The summed E-state index contributed by atoms with van der Waals surface area (Å²) in [5.74, 6) is -1.26. The first kappa shape index (κ1) is 26.5. The maximum absolute atomic E-state index is 12.7. The molecule has 40 heavy (non-hydrogen) atoms. The van der Waals surface area contributed by atoms with Gasteiger partial charge in [-0.05, 0) is 47.5 Å². The Kier molecular flexibility index (Phi) is 7.23. The highest BCUT2D eigenvalue weighted by Crippen LogP contribution is 2.35. The van der Waals surface area contributed by atoms with Crippen molar-refractivity contribution in [3.05, 3.63) is 78.1 Å². The largest absolute Gasteiger partial charge is 0.464 e. The van der Waals surface area contributed by atoms with Crippen molar-refractivity contribution in [2.24, 2.45) is 0 Å². The normalized spacial score (nSPS) is 11.2. The van der Waals surface area contributed by atoms with Gasteiger partial charge < -0.3 is 23.9 Å². The number of rotatable bonds is 9. The Bertz CT molecular complexity index is 1680. The number of halogens is 2. The predicted molar refractivity (Wildman–Crippen MR) is 144 cm³/mol. The number of ether oxygens (including phenoxy) is 1. The van der Waals surface area contributed by atoms with Crippen LogP contribution >= 0.6 is 0 Å². The third kappa shape index (κ3) is 5.23. The smallest absolute Gasteiger partial charge is 0.354 e. The van der Waals surface area contributed by atoms with Crippen LogP contribution in [-0.2, 0) is 16.1 Å². The molecule has 204 valence electrons. The highest BCUT2D eigenvalue weighted by molar-refractivity contribution is 5.96. The standard InChI is InChI=1S/C28H24F2N6O4/c1-35(2)24-12-17(16-4-5-18-11-22(28(38)39-3)32-21(18)10-16)7-9-23(24)36(15-37)14-20-8-6-19(13-31-20)26-33-34-27(40-26)25(29)30/h4-13,15,25,32H,14H2,1-3H3. The molecule has 0 spiro atoms. The van der Waals surface area contributed by atoms with Gasteiger partial charge in [0.2, 0.25) is 12.3 Å². The number of carbonyl (C=O) groups excluding carboxylic acids is 2. The predicted octanol–water partition coefficient (Wildman–Crippen LogP) is 5.23. The minimum absolute atomic E-state index is 0.0638. The number of nitrogens with one attached hydrogen (secondary N) is 1. The second-order valence-electron chi connectivity index (χ2n) is 9.09. The van der Waals surface area contributed by atoms with E-state index in [1.54, 1.807) is 18.2 Å². The molecule has 12 heteroatoms. The monoisotopic (exact) mass is 546 g/mol. The Balaban J connectivity index is 1.40. The van der Waals surface area contributed by atoms with Gasteiger partial charge in [-0.3, -0.25) is 9.78 Å². The molecule has 0 radical (unpaired) electrons. The zero-order valence-electron chi connectivity index (χ0n) is 21.8. The first-order chi connectivity index (χ1) is 19.3. The van der Waals surface area contributed by atoms with Gasteiger partial charge in [-0.1, -0.05) is 18.2 Å². The van der Waals surface area contributed by atoms with Crippen molar-refractivity contribution >= 4 is 34.7 Å². The van der Waals surface area contributed by atoms with Gasteiger partial charge in [0.05, 0.1) is 36.3 Å². The van der Waals surface area contributed by atoms with E-state index >= 15 is 0 Å². The number of hydrogen-bond acceptors (Lipinski definition) is 8. The van der Waals surface area contributed by atoms with Crippen molar-refractivity contribution in [2.75, 3.05) is 31.0 Å². The van der Waals surface area contributed by atoms with Gasteiger partial charge in [0.1, 0.15) is 5.69 Å². The third-order valence-corrected chi connectivity index (χ3v) is 6.29. The lowest BCUT2D eigenvalue weighted by molar-refractivity contribution is -0.107. The van der Waals surface area contributed by atoms with E-state index in [-0.39, 0.29) is 12.4 Å². The molecule has 0 saturated heterocycles. The van der Waals surface area contributed by atoms with E-state index < -0.39 is 18.3 Å². The molecular weight excluding hydrogens is 522 g/mol. The van der Waals surface area contributed by atoms with Gasteiger partial charge in [0.25, 0.3) is 5.89 Å². The average Bonchev–Trinajstić information content (AvgIpc) is 3.63. The number of methoxy groups -OCH3 is 1. The molecule has 0 saturated carbocycles. The first-order valence-corrected chi connectivity index (χ1v) is 12.1. The molecule has 0 unspecified atom stereocenters. The van der Waals surface area contributed by atoms with E-state index in [1.165, 1.54) is 18.2 Å². The van der Waals surface area contributed by atoms with Crippen LogP contribution in [0.3, 0.4) is 0 Å². The lowest BCUT2D eigenvalue weighted by atomic mass is 10.0. The number of esters is 1. The van der Waals surface area contributed by atoms with E-state index in [2.05, 4.69) is 20.2 Å². The van der Waals surface area contributed by atoms with Gasteiger partial charge >= 0.3 is 12.4 Å². The molecule has 1 amide bonds. The number of H-pyrrole nitrogens is 1. The number of hydrogen-bond donors (Lipinski definition) is 1. The van der Waals surface area contributed by atoms with Crippen LogP contribution < -0.4 is 9.80 Å². The van der Waals surface area contributed by atoms with Crippen molar-refractivity contribution in [1.82, 2.24) is 20.2 Å². The van der Waals surface area contributed by atoms with Crippen molar-refractivity contribution in [2.45, 2.75) is 13.0 Å². The summed E-state index contributed by atoms with van der Waals surface area (Å²) in [6.45, 7) is 0.167. The second-order valence-corrected chi connectivity index (χ2v) is 9.09. The lowest BCUT2D eigenvalue weighted by Crippen LogP contribution is -2.24. The van der Waals surface area contributed by atoms with E-state index in [0.29, 0.717) is 22.6 Å². The van der Waals surface area contributed by atoms with E-state index in [1.807, 2.05) is 55.4 Å². The lowest BCUT2D eigenvalue weighted by Gasteiger charge is -2.25. The topological polar surface area (TPSA) is 117 Å². The molecule has 3 heterocycles. The molecule has 5 aromatic rings. The summed E-state index contributed by atoms with van der Waals surface area (Å²) in [7, 11) is 5.10. The second kappa shape index (κ2) is 10.9. The van der Waals surface area contributed by atoms with Crippen molar-refractivity contribution in [1.29, 1.82) is 0 Å². The number of aromatic amines is 1. The number of carbonyl (C=O) groups is 2. The van der Waals surface area contributed by atoms with Crippen LogP contribution in [0.1, 0.15) is 28.5 Å². The fraction of sp³-hybridized carbons (Fsp3) is 0.179. The molecule has 5 rings (SSSR count). The van der Waals surface area contributed by atoms with Gasteiger partial charge in [-0.25, -0.2) is 4.79 Å². The molecule has 3 aromatic heterocycles. The van der Waals surface area contributed by atoms with Gasteiger partial charge in [-0.15, -0.1) is 10.2 Å². The fourth-order valence-corrected chi connectivity index (χ4v) is 4.27. The maximum Gasteiger partial charge on any atom is 0.354 e. The van der Waals surface area contributed by atoms with Crippen LogP contribution in [0.2, 0.25) is 0 Å². The summed E-state index contributed by atoms with van der Waals surface area (Å²) in [6.07, 6.45) is -0.703. The SMILES string of the molecule is COC(=O)c1cc2ccc(-c3ccc(N(C=O)Cc4ccc(-c5nnc(C(F)F)o5)cn4)c(N(C)C)c3)cc2[nH]1. The van der Waals surface area contributed by atoms with Crippen LogP contribution in [0.5, 0.6) is 0 Å². The van der Waals surface area contributed by atoms with Crippen molar-refractivity contribution in [3.8, 4) is 22.6 Å². The fourth-order valence-electron chi connectivity index (χ4n) is 4.27. The summed E-state index contributed by atoms with van der Waals surface area (Å²) in [5.41, 5.74) is 5.43. The van der Waals surface area contributed by atoms with E-state index in [0.717, 1.165) is 34.1 Å². The molecule has 0 aliphatic rings. The van der Waals surface area contributed by atoms with E-state index in [4.69, 9.17) is 9.15 Å². The Morgan fingerprint density at radius 1 is 1.02 bits per heavy atom. The van der Waals surface area contributed by atoms with Crippen LogP contribution in [0.25, 0.3) is 33.5 Å². The highest BCUT2D eigenvalue weighted by Gasteiger charge is 2.19. The van der Waals surface area contributed by atoms with Gasteiger partial charge in [-0.2, -0.15) is 8.78 Å². The Labute approximate surface area is 227 Å². The Hall–Kier alpha value is -5.13. The molecule has 0 atom stereocenters. The molecular formula is C28H24F2N6O4. The Morgan fingerprint density at radius 3 is 2.42 bits per heavy atom. The third-order valence-electron chi connectivity index (χ3n) is 6.29. The first-order valence-electron chi connectivity index (χ1n) is 12.1. The average molecular weight is 547 g/mol. The number of benzene rings is 2. The Morgan fingerprint density at radius 2 is 1.77 bits per heavy atom. The zero-order valence-corrected chi connectivity index (χ0v) is 21.8. The number of pyridine rings is 1. The van der Waals surface area contributed by atoms with Gasteiger partial charge in [0, 0.05) is 31.2 Å². The number of nitrogens with zero attached hydrogens (tertiary/aromatic N) is 5. The number of anilines is 2. The molecule has 0 fully saturated rings. The minimum atomic E-state index is -2.86. The van der Waals surface area contributed by atoms with Crippen LogP contribution in [0, 0.1) is 0 Å². The van der Waals surface area contributed by atoms with Crippen LogP contribution in [-0.4, -0.2) is 53.7 Å². The van der Waals surface area contributed by atoms with E-state index in [9.17, 15) is 18.4 Å². The van der Waals surface area contributed by atoms with Crippen LogP contribution in [0.4, 0.5) is 20.2 Å². The van der Waals surface area contributed by atoms with Crippen LogP contribution in [0.15, 0.2) is 65.2 Å². The molecule has 10 nitrogen and oxygen atoms in total. The number of alkyl halides is 2. The molecule has 1 N–H and O–H groups in total. The van der Waals surface area contributed by atoms with Gasteiger partial charge in [0.15, 0.2) is 0 Å².